The third-order valence-electron chi connectivity index (χ3n) is 3.68. The fraction of sp³-hybridized carbons (Fsp3) is 0.0476. The molecule has 3 rings (SSSR count). The molecule has 3 aromatic rings. The van der Waals surface area contributed by atoms with Crippen molar-refractivity contribution < 1.29 is 18.7 Å². The largest absolute Gasteiger partial charge is 0.457 e. The minimum atomic E-state index is -0.601. The Kier molecular flexibility index (Phi) is 5.39. The maximum atomic E-state index is 13.1. The van der Waals surface area contributed by atoms with Crippen LogP contribution in [0.2, 0.25) is 0 Å². The van der Waals surface area contributed by atoms with Crippen LogP contribution in [0, 0.1) is 5.82 Å². The lowest BCUT2D eigenvalue weighted by Crippen LogP contribution is -2.12. The minimum absolute atomic E-state index is 0.0376. The van der Waals surface area contributed by atoms with Crippen LogP contribution in [0.25, 0.3) is 0 Å². The molecule has 1 amide bonds. The standard InChI is InChI=1S/C21H16FNO3/c22-18-6-4-5-17(13-18)21(25)26-14-15-9-11-16(12-10-15)20(24)23-19-7-2-1-3-8-19/h1-13H,14H2,(H,23,24). The van der Waals surface area contributed by atoms with Gasteiger partial charge in [0.1, 0.15) is 12.4 Å². The lowest BCUT2D eigenvalue weighted by molar-refractivity contribution is 0.0472. The summed E-state index contributed by atoms with van der Waals surface area (Å²) in [6.45, 7) is 0.0376. The average Bonchev–Trinajstić information content (AvgIpc) is 2.67. The number of carbonyl (C=O) groups is 2. The van der Waals surface area contributed by atoms with Gasteiger partial charge in [-0.2, -0.15) is 0 Å². The van der Waals surface area contributed by atoms with Gasteiger partial charge in [-0.05, 0) is 48.0 Å². The Morgan fingerprint density at radius 1 is 0.846 bits per heavy atom. The molecule has 0 aliphatic carbocycles. The number of ether oxygens (including phenoxy) is 1. The first-order valence-corrected chi connectivity index (χ1v) is 8.00. The second-order valence-corrected chi connectivity index (χ2v) is 5.60. The van der Waals surface area contributed by atoms with Gasteiger partial charge in [0.05, 0.1) is 5.56 Å². The van der Waals surface area contributed by atoms with E-state index in [2.05, 4.69) is 5.32 Å². The molecule has 0 saturated heterocycles. The van der Waals surface area contributed by atoms with Crippen LogP contribution >= 0.6 is 0 Å². The Labute approximate surface area is 150 Å². The van der Waals surface area contributed by atoms with Crippen LogP contribution < -0.4 is 5.32 Å². The molecule has 3 aromatic carbocycles. The molecule has 0 aliphatic heterocycles. The Balaban J connectivity index is 1.57. The van der Waals surface area contributed by atoms with Gasteiger partial charge in [0.2, 0.25) is 0 Å². The summed E-state index contributed by atoms with van der Waals surface area (Å²) in [4.78, 5) is 24.1. The Bertz CT molecular complexity index is 908. The van der Waals surface area contributed by atoms with Gasteiger partial charge in [0.25, 0.3) is 5.91 Å². The molecule has 4 nitrogen and oxygen atoms in total. The highest BCUT2D eigenvalue weighted by Crippen LogP contribution is 2.12. The molecule has 1 N–H and O–H groups in total. The number of nitrogens with one attached hydrogen (secondary N) is 1. The molecule has 26 heavy (non-hydrogen) atoms. The van der Waals surface area contributed by atoms with E-state index in [9.17, 15) is 14.0 Å². The summed E-state index contributed by atoms with van der Waals surface area (Å²) in [7, 11) is 0. The summed E-state index contributed by atoms with van der Waals surface area (Å²) < 4.78 is 18.3. The highest BCUT2D eigenvalue weighted by molar-refractivity contribution is 6.04. The Morgan fingerprint density at radius 3 is 2.27 bits per heavy atom. The Hall–Kier alpha value is -3.47. The zero-order valence-corrected chi connectivity index (χ0v) is 13.8. The second kappa shape index (κ2) is 8.07. The zero-order valence-electron chi connectivity index (χ0n) is 13.8. The number of halogens is 1. The second-order valence-electron chi connectivity index (χ2n) is 5.60. The van der Waals surface area contributed by atoms with Crippen LogP contribution in [0.1, 0.15) is 26.3 Å². The van der Waals surface area contributed by atoms with Crippen molar-refractivity contribution in [2.24, 2.45) is 0 Å². The van der Waals surface area contributed by atoms with Crippen molar-refractivity contribution in [1.82, 2.24) is 0 Å². The summed E-state index contributed by atoms with van der Waals surface area (Å²) in [5.41, 5.74) is 2.09. The molecular weight excluding hydrogens is 333 g/mol. The molecule has 0 saturated carbocycles. The van der Waals surface area contributed by atoms with Crippen molar-refractivity contribution in [1.29, 1.82) is 0 Å². The summed E-state index contributed by atoms with van der Waals surface area (Å²) >= 11 is 0. The molecule has 0 unspecified atom stereocenters. The van der Waals surface area contributed by atoms with Gasteiger partial charge in [-0.1, -0.05) is 36.4 Å². The molecule has 0 spiro atoms. The fourth-order valence-electron chi connectivity index (χ4n) is 2.32. The lowest BCUT2D eigenvalue weighted by Gasteiger charge is -2.07. The lowest BCUT2D eigenvalue weighted by atomic mass is 10.1. The smallest absolute Gasteiger partial charge is 0.338 e. The molecule has 0 bridgehead atoms. The normalized spacial score (nSPS) is 10.2. The molecule has 0 heterocycles. The van der Waals surface area contributed by atoms with Gasteiger partial charge in [-0.15, -0.1) is 0 Å². The van der Waals surface area contributed by atoms with E-state index in [0.717, 1.165) is 11.6 Å². The molecule has 0 aromatic heterocycles. The maximum Gasteiger partial charge on any atom is 0.338 e. The van der Waals surface area contributed by atoms with E-state index in [1.54, 1.807) is 36.4 Å². The van der Waals surface area contributed by atoms with Crippen LogP contribution in [-0.4, -0.2) is 11.9 Å². The third kappa shape index (κ3) is 4.54. The first kappa shape index (κ1) is 17.4. The summed E-state index contributed by atoms with van der Waals surface area (Å²) in [6, 6.07) is 21.2. The van der Waals surface area contributed by atoms with Crippen molar-refractivity contribution in [3.63, 3.8) is 0 Å². The molecule has 130 valence electrons. The van der Waals surface area contributed by atoms with Gasteiger partial charge in [0, 0.05) is 11.3 Å². The number of amides is 1. The van der Waals surface area contributed by atoms with E-state index in [-0.39, 0.29) is 18.1 Å². The van der Waals surface area contributed by atoms with E-state index in [0.29, 0.717) is 11.3 Å². The van der Waals surface area contributed by atoms with E-state index in [1.165, 1.54) is 18.2 Å². The van der Waals surface area contributed by atoms with Crippen LogP contribution in [-0.2, 0) is 11.3 Å². The van der Waals surface area contributed by atoms with Gasteiger partial charge < -0.3 is 10.1 Å². The number of esters is 1. The van der Waals surface area contributed by atoms with E-state index >= 15 is 0 Å². The van der Waals surface area contributed by atoms with Crippen molar-refractivity contribution in [3.8, 4) is 0 Å². The molecule has 0 aliphatic rings. The van der Waals surface area contributed by atoms with Gasteiger partial charge in [-0.25, -0.2) is 9.18 Å². The molecule has 0 fully saturated rings. The first-order valence-electron chi connectivity index (χ1n) is 8.00. The molecule has 0 atom stereocenters. The quantitative estimate of drug-likeness (QED) is 0.693. The van der Waals surface area contributed by atoms with Crippen molar-refractivity contribution >= 4 is 17.6 Å². The van der Waals surface area contributed by atoms with Crippen LogP contribution in [0.3, 0.4) is 0 Å². The summed E-state index contributed by atoms with van der Waals surface area (Å²) in [5, 5.41) is 2.79. The van der Waals surface area contributed by atoms with Crippen molar-refractivity contribution in [3.05, 3.63) is 101 Å². The van der Waals surface area contributed by atoms with Crippen LogP contribution in [0.5, 0.6) is 0 Å². The SMILES string of the molecule is O=C(Nc1ccccc1)c1ccc(COC(=O)c2cccc(F)c2)cc1. The van der Waals surface area contributed by atoms with Crippen LogP contribution in [0.15, 0.2) is 78.9 Å². The fourth-order valence-corrected chi connectivity index (χ4v) is 2.32. The predicted molar refractivity (Wildman–Crippen MR) is 96.4 cm³/mol. The van der Waals surface area contributed by atoms with E-state index in [1.807, 2.05) is 18.2 Å². The topological polar surface area (TPSA) is 55.4 Å². The Morgan fingerprint density at radius 2 is 1.58 bits per heavy atom. The molecule has 0 radical (unpaired) electrons. The maximum absolute atomic E-state index is 13.1. The predicted octanol–water partition coefficient (Wildman–Crippen LogP) is 4.44. The van der Waals surface area contributed by atoms with Gasteiger partial charge in [0.15, 0.2) is 0 Å². The third-order valence-corrected chi connectivity index (χ3v) is 3.68. The number of rotatable bonds is 5. The number of anilines is 1. The molecule has 5 heteroatoms. The average molecular weight is 349 g/mol. The number of hydrogen-bond donors (Lipinski definition) is 1. The summed E-state index contributed by atoms with van der Waals surface area (Å²) in [5.74, 6) is -1.32. The van der Waals surface area contributed by atoms with E-state index in [4.69, 9.17) is 4.74 Å². The number of carbonyl (C=O) groups excluding carboxylic acids is 2. The minimum Gasteiger partial charge on any atom is -0.457 e. The molecular formula is C21H16FNO3. The summed E-state index contributed by atoms with van der Waals surface area (Å²) in [6.07, 6.45) is 0. The van der Waals surface area contributed by atoms with Crippen molar-refractivity contribution in [2.75, 3.05) is 5.32 Å². The highest BCUT2D eigenvalue weighted by atomic mass is 19.1. The van der Waals surface area contributed by atoms with Crippen LogP contribution in [0.4, 0.5) is 10.1 Å². The number of hydrogen-bond acceptors (Lipinski definition) is 3. The van der Waals surface area contributed by atoms with E-state index < -0.39 is 11.8 Å². The van der Waals surface area contributed by atoms with Gasteiger partial charge in [-0.3, -0.25) is 4.79 Å². The first-order chi connectivity index (χ1) is 12.6. The number of benzene rings is 3. The highest BCUT2D eigenvalue weighted by Gasteiger charge is 2.09. The van der Waals surface area contributed by atoms with Crippen molar-refractivity contribution in [2.45, 2.75) is 6.61 Å². The monoisotopic (exact) mass is 349 g/mol. The number of para-hydroxylation sites is 1. The zero-order chi connectivity index (χ0) is 18.4. The van der Waals surface area contributed by atoms with Gasteiger partial charge >= 0.3 is 5.97 Å².